The lowest BCUT2D eigenvalue weighted by atomic mass is 9.92. The predicted molar refractivity (Wildman–Crippen MR) is 126 cm³/mol. The number of sulfonamides is 1. The van der Waals surface area contributed by atoms with Gasteiger partial charge in [-0.25, -0.2) is 17.9 Å². The number of nitrogens with one attached hydrogen (secondary N) is 3. The molecule has 3 N–H and O–H groups in total. The van der Waals surface area contributed by atoms with E-state index in [1.54, 1.807) is 19.1 Å². The number of carbonyl (C=O) groups excluding carboxylic acids is 2. The van der Waals surface area contributed by atoms with E-state index >= 15 is 0 Å². The number of ether oxygens (including phenoxy) is 3. The van der Waals surface area contributed by atoms with Crippen molar-refractivity contribution in [3.05, 3.63) is 46.5 Å². The van der Waals surface area contributed by atoms with Crippen LogP contribution < -0.4 is 29.6 Å². The fourth-order valence-electron chi connectivity index (χ4n) is 3.59. The van der Waals surface area contributed by atoms with E-state index < -0.39 is 16.1 Å². The van der Waals surface area contributed by atoms with E-state index in [1.165, 1.54) is 32.4 Å². The minimum atomic E-state index is -4.23. The van der Waals surface area contributed by atoms with E-state index in [0.717, 1.165) is 0 Å². The second-order valence-electron chi connectivity index (χ2n) is 7.39. The van der Waals surface area contributed by atoms with Gasteiger partial charge in [0.05, 0.1) is 26.4 Å². The molecule has 184 valence electrons. The zero-order valence-corrected chi connectivity index (χ0v) is 20.5. The molecule has 2 aromatic carbocycles. The van der Waals surface area contributed by atoms with Crippen molar-refractivity contribution in [3.8, 4) is 17.2 Å². The van der Waals surface area contributed by atoms with Gasteiger partial charge in [-0.3, -0.25) is 4.79 Å². The van der Waals surface area contributed by atoms with Crippen LogP contribution in [0.4, 0.5) is 4.79 Å². The van der Waals surface area contributed by atoms with Crippen LogP contribution in [-0.2, 0) is 10.0 Å². The smallest absolute Gasteiger partial charge is 0.328 e. The van der Waals surface area contributed by atoms with Crippen molar-refractivity contribution >= 4 is 33.6 Å². The van der Waals surface area contributed by atoms with Crippen LogP contribution in [-0.4, -0.2) is 54.3 Å². The number of methoxy groups -OCH3 is 2. The molecule has 0 fully saturated rings. The molecule has 1 atom stereocenters. The number of fused-ring (bicyclic) bond motifs is 1. The Bertz CT molecular complexity index is 1190. The topological polar surface area (TPSA) is 132 Å². The quantitative estimate of drug-likeness (QED) is 0.496. The maximum absolute atomic E-state index is 12.9. The Hall–Kier alpha value is -3.18. The summed E-state index contributed by atoms with van der Waals surface area (Å²) in [5.41, 5.74) is 0.855. The summed E-state index contributed by atoms with van der Waals surface area (Å²) < 4.78 is 43.9. The number of urea groups is 1. The lowest BCUT2D eigenvalue weighted by Gasteiger charge is -2.27. The average Bonchev–Trinajstić information content (AvgIpc) is 2.81. The highest BCUT2D eigenvalue weighted by Gasteiger charge is 2.29. The molecule has 3 amide bonds. The van der Waals surface area contributed by atoms with E-state index in [-0.39, 0.29) is 41.1 Å². The Kier molecular flexibility index (Phi) is 8.11. The van der Waals surface area contributed by atoms with E-state index in [2.05, 4.69) is 10.6 Å². The van der Waals surface area contributed by atoms with Crippen LogP contribution in [0, 0.1) is 0 Å². The molecule has 0 spiro atoms. The molecule has 1 aliphatic heterocycles. The van der Waals surface area contributed by atoms with Gasteiger partial charge >= 0.3 is 6.03 Å². The van der Waals surface area contributed by atoms with Crippen LogP contribution >= 0.6 is 11.6 Å². The highest BCUT2D eigenvalue weighted by molar-refractivity contribution is 7.90. The molecule has 0 saturated carbocycles. The molecule has 1 heterocycles. The van der Waals surface area contributed by atoms with Crippen molar-refractivity contribution in [2.24, 2.45) is 0 Å². The first-order valence-corrected chi connectivity index (χ1v) is 12.3. The van der Waals surface area contributed by atoms with Crippen LogP contribution in [0.1, 0.15) is 35.2 Å². The zero-order valence-electron chi connectivity index (χ0n) is 18.9. The average molecular weight is 512 g/mol. The molecule has 34 heavy (non-hydrogen) atoms. The van der Waals surface area contributed by atoms with Crippen LogP contribution in [0.25, 0.3) is 0 Å². The largest absolute Gasteiger partial charge is 0.496 e. The van der Waals surface area contributed by atoms with Gasteiger partial charge in [-0.15, -0.1) is 0 Å². The number of carbonyl (C=O) groups is 2. The summed E-state index contributed by atoms with van der Waals surface area (Å²) in [7, 11) is -1.45. The molecule has 0 saturated heterocycles. The van der Waals surface area contributed by atoms with E-state index in [1.807, 2.05) is 4.72 Å². The van der Waals surface area contributed by atoms with Crippen molar-refractivity contribution in [2.45, 2.75) is 24.2 Å². The number of hydrogen-bond acceptors (Lipinski definition) is 7. The van der Waals surface area contributed by atoms with Crippen LogP contribution in [0.15, 0.2) is 35.2 Å². The van der Waals surface area contributed by atoms with Crippen molar-refractivity contribution in [3.63, 3.8) is 0 Å². The molecule has 1 unspecified atom stereocenters. The van der Waals surface area contributed by atoms with Gasteiger partial charge in [-0.05, 0) is 37.6 Å². The molecule has 0 aromatic heterocycles. The third-order valence-electron chi connectivity index (χ3n) is 5.23. The third kappa shape index (κ3) is 5.65. The number of amides is 3. The van der Waals surface area contributed by atoms with Crippen molar-refractivity contribution in [1.29, 1.82) is 0 Å². The fraction of sp³-hybridized carbons (Fsp3) is 0.364. The predicted octanol–water partition coefficient (Wildman–Crippen LogP) is 2.66. The second-order valence-corrected chi connectivity index (χ2v) is 9.48. The molecule has 0 radical (unpaired) electrons. The van der Waals surface area contributed by atoms with Gasteiger partial charge < -0.3 is 24.8 Å². The maximum atomic E-state index is 12.9. The van der Waals surface area contributed by atoms with Crippen LogP contribution in [0.2, 0.25) is 5.02 Å². The normalized spacial score (nSPS) is 14.9. The first-order chi connectivity index (χ1) is 16.2. The molecule has 12 heteroatoms. The van der Waals surface area contributed by atoms with Gasteiger partial charge in [0.1, 0.15) is 22.1 Å². The Morgan fingerprint density at radius 3 is 2.53 bits per heavy atom. The molecule has 10 nitrogen and oxygen atoms in total. The Balaban J connectivity index is 1.88. The summed E-state index contributed by atoms with van der Waals surface area (Å²) >= 11 is 6.02. The SMILES string of the molecule is CCNC(=O)NS(=O)(=O)c1cc2c(cc1OC)OCCC2CNC(=O)c1cc(Cl)ccc1OC. The summed E-state index contributed by atoms with van der Waals surface area (Å²) in [6, 6.07) is 6.76. The summed E-state index contributed by atoms with van der Waals surface area (Å²) in [6.45, 7) is 2.51. The first kappa shape index (κ1) is 25.4. The minimum absolute atomic E-state index is 0.0314. The Morgan fingerprint density at radius 2 is 1.85 bits per heavy atom. The van der Waals surface area contributed by atoms with Gasteiger partial charge in [0.15, 0.2) is 0 Å². The molecule has 2 aromatic rings. The number of halogens is 1. The fourth-order valence-corrected chi connectivity index (χ4v) is 4.88. The van der Waals surface area contributed by atoms with Crippen molar-refractivity contribution in [1.82, 2.24) is 15.4 Å². The molecule has 3 rings (SSSR count). The Morgan fingerprint density at radius 1 is 1.12 bits per heavy atom. The van der Waals surface area contributed by atoms with Crippen LogP contribution in [0.5, 0.6) is 17.2 Å². The minimum Gasteiger partial charge on any atom is -0.496 e. The number of rotatable bonds is 8. The summed E-state index contributed by atoms with van der Waals surface area (Å²) in [4.78, 5) is 24.4. The van der Waals surface area contributed by atoms with Gasteiger partial charge in [0.25, 0.3) is 15.9 Å². The van der Waals surface area contributed by atoms with Crippen molar-refractivity contribution < 1.29 is 32.2 Å². The van der Waals surface area contributed by atoms with Gasteiger partial charge in [-0.1, -0.05) is 11.6 Å². The van der Waals surface area contributed by atoms with Crippen LogP contribution in [0.3, 0.4) is 0 Å². The van der Waals surface area contributed by atoms with E-state index in [0.29, 0.717) is 35.1 Å². The Labute approximate surface area is 203 Å². The van der Waals surface area contributed by atoms with Gasteiger partial charge in [0, 0.05) is 35.7 Å². The molecule has 1 aliphatic rings. The van der Waals surface area contributed by atoms with Gasteiger partial charge in [-0.2, -0.15) is 0 Å². The van der Waals surface area contributed by atoms with E-state index in [9.17, 15) is 18.0 Å². The van der Waals surface area contributed by atoms with Gasteiger partial charge in [0.2, 0.25) is 0 Å². The monoisotopic (exact) mass is 511 g/mol. The summed E-state index contributed by atoms with van der Waals surface area (Å²) in [5, 5.41) is 5.63. The second kappa shape index (κ2) is 10.8. The number of hydrogen-bond donors (Lipinski definition) is 3. The summed E-state index contributed by atoms with van der Waals surface area (Å²) in [6.07, 6.45) is 0.537. The lowest BCUT2D eigenvalue weighted by molar-refractivity contribution is 0.0945. The van der Waals surface area contributed by atoms with E-state index in [4.69, 9.17) is 25.8 Å². The third-order valence-corrected chi connectivity index (χ3v) is 6.82. The highest BCUT2D eigenvalue weighted by atomic mass is 35.5. The first-order valence-electron chi connectivity index (χ1n) is 10.5. The standard InChI is InChI=1S/C22H26ClN3O7S/c1-4-24-22(28)26-34(29,30)20-10-15-13(7-8-33-18(15)11-19(20)32-3)12-25-21(27)16-9-14(23)5-6-17(16)31-2/h5-6,9-11,13H,4,7-8,12H2,1-3H3,(H,25,27)(H2,24,26,28). The zero-order chi connectivity index (χ0) is 24.9. The lowest BCUT2D eigenvalue weighted by Crippen LogP contribution is -2.39. The summed E-state index contributed by atoms with van der Waals surface area (Å²) in [5.74, 6) is 0.223. The maximum Gasteiger partial charge on any atom is 0.328 e. The highest BCUT2D eigenvalue weighted by Crippen LogP contribution is 2.40. The molecule has 0 aliphatic carbocycles. The molecular formula is C22H26ClN3O7S. The number of benzene rings is 2. The molecular weight excluding hydrogens is 486 g/mol. The van der Waals surface area contributed by atoms with Crippen molar-refractivity contribution in [2.75, 3.05) is 33.9 Å². The molecule has 0 bridgehead atoms.